The fraction of sp³-hybridized carbons (Fsp3) is 0.214. The number of fused-ring (bicyclic) bond motifs is 1. The molecule has 0 bridgehead atoms. The molecular formula is C14H12ClNO2. The van der Waals surface area contributed by atoms with Gasteiger partial charge in [-0.05, 0) is 30.2 Å². The quantitative estimate of drug-likeness (QED) is 0.778. The SMILES string of the molecule is O=C(c1ccc(CCl)o1)N1CCc2ccccc21. The standard InChI is InChI=1S/C14H12ClNO2/c15-9-11-5-6-13(18-11)14(17)16-8-7-10-3-1-2-4-12(10)16/h1-6H,7-9H2. The zero-order chi connectivity index (χ0) is 12.5. The minimum absolute atomic E-state index is 0.101. The van der Waals surface area contributed by atoms with E-state index in [1.54, 1.807) is 17.0 Å². The lowest BCUT2D eigenvalue weighted by molar-refractivity contribution is 0.0961. The second-order valence-corrected chi connectivity index (χ2v) is 4.50. The monoisotopic (exact) mass is 261 g/mol. The number of hydrogen-bond acceptors (Lipinski definition) is 2. The van der Waals surface area contributed by atoms with Crippen LogP contribution in [-0.4, -0.2) is 12.5 Å². The van der Waals surface area contributed by atoms with Crippen molar-refractivity contribution in [1.29, 1.82) is 0 Å². The fourth-order valence-corrected chi connectivity index (χ4v) is 2.39. The summed E-state index contributed by atoms with van der Waals surface area (Å²) in [5.41, 5.74) is 2.18. The van der Waals surface area contributed by atoms with E-state index < -0.39 is 0 Å². The summed E-state index contributed by atoms with van der Waals surface area (Å²) in [5.74, 6) is 1.15. The smallest absolute Gasteiger partial charge is 0.293 e. The van der Waals surface area contributed by atoms with E-state index in [0.29, 0.717) is 18.1 Å². The lowest BCUT2D eigenvalue weighted by Gasteiger charge is -2.15. The van der Waals surface area contributed by atoms with E-state index in [1.807, 2.05) is 18.2 Å². The van der Waals surface area contributed by atoms with Gasteiger partial charge in [0, 0.05) is 12.2 Å². The van der Waals surface area contributed by atoms with Crippen molar-refractivity contribution >= 4 is 23.2 Å². The molecule has 0 fully saturated rings. The van der Waals surface area contributed by atoms with Crippen molar-refractivity contribution in [2.24, 2.45) is 0 Å². The van der Waals surface area contributed by atoms with Gasteiger partial charge in [-0.25, -0.2) is 0 Å². The summed E-state index contributed by atoms with van der Waals surface area (Å²) in [5, 5.41) is 0. The summed E-state index contributed by atoms with van der Waals surface area (Å²) in [7, 11) is 0. The van der Waals surface area contributed by atoms with Crippen LogP contribution in [0.25, 0.3) is 0 Å². The molecule has 1 aliphatic rings. The Labute approximate surface area is 110 Å². The molecule has 92 valence electrons. The van der Waals surface area contributed by atoms with E-state index in [4.69, 9.17) is 16.0 Å². The molecule has 1 aromatic carbocycles. The van der Waals surface area contributed by atoms with Crippen LogP contribution >= 0.6 is 11.6 Å². The van der Waals surface area contributed by atoms with Gasteiger partial charge in [-0.3, -0.25) is 4.79 Å². The Bertz CT molecular complexity index is 591. The molecule has 1 aliphatic heterocycles. The molecule has 0 N–H and O–H groups in total. The number of alkyl halides is 1. The predicted octanol–water partition coefficient (Wildman–Crippen LogP) is 3.22. The van der Waals surface area contributed by atoms with E-state index >= 15 is 0 Å². The number of halogens is 1. The molecule has 0 radical (unpaired) electrons. The first-order chi connectivity index (χ1) is 8.79. The highest BCUT2D eigenvalue weighted by Gasteiger charge is 2.26. The van der Waals surface area contributed by atoms with Crippen LogP contribution in [0.3, 0.4) is 0 Å². The summed E-state index contributed by atoms with van der Waals surface area (Å²) in [6.07, 6.45) is 0.894. The third kappa shape index (κ3) is 1.81. The van der Waals surface area contributed by atoms with Crippen molar-refractivity contribution < 1.29 is 9.21 Å². The van der Waals surface area contributed by atoms with Crippen LogP contribution in [0.1, 0.15) is 21.9 Å². The Morgan fingerprint density at radius 1 is 1.28 bits per heavy atom. The molecule has 0 saturated heterocycles. The Balaban J connectivity index is 1.90. The maximum absolute atomic E-state index is 12.3. The van der Waals surface area contributed by atoms with Gasteiger partial charge in [0.1, 0.15) is 5.76 Å². The van der Waals surface area contributed by atoms with Gasteiger partial charge < -0.3 is 9.32 Å². The highest BCUT2D eigenvalue weighted by molar-refractivity contribution is 6.16. The first kappa shape index (κ1) is 11.4. The zero-order valence-electron chi connectivity index (χ0n) is 9.73. The average Bonchev–Trinajstić information content (AvgIpc) is 3.04. The normalized spacial score (nSPS) is 13.7. The van der Waals surface area contributed by atoms with Gasteiger partial charge in [-0.15, -0.1) is 11.6 Å². The Morgan fingerprint density at radius 2 is 2.11 bits per heavy atom. The van der Waals surface area contributed by atoms with Gasteiger partial charge in [0.05, 0.1) is 5.88 Å². The van der Waals surface area contributed by atoms with Gasteiger partial charge in [0.25, 0.3) is 5.91 Å². The van der Waals surface area contributed by atoms with Crippen molar-refractivity contribution in [3.8, 4) is 0 Å². The third-order valence-electron chi connectivity index (χ3n) is 3.14. The molecule has 3 rings (SSSR count). The van der Waals surface area contributed by atoms with E-state index in [0.717, 1.165) is 12.1 Å². The number of hydrogen-bond donors (Lipinski definition) is 0. The van der Waals surface area contributed by atoms with Gasteiger partial charge in [0.15, 0.2) is 5.76 Å². The molecule has 18 heavy (non-hydrogen) atoms. The van der Waals surface area contributed by atoms with Crippen LogP contribution in [-0.2, 0) is 12.3 Å². The van der Waals surface area contributed by atoms with Crippen LogP contribution in [0.5, 0.6) is 0 Å². The Kier molecular flexibility index (Phi) is 2.84. The maximum atomic E-state index is 12.3. The summed E-state index contributed by atoms with van der Waals surface area (Å²) in [6.45, 7) is 0.703. The van der Waals surface area contributed by atoms with Gasteiger partial charge >= 0.3 is 0 Å². The number of rotatable bonds is 2. The topological polar surface area (TPSA) is 33.5 Å². The van der Waals surface area contributed by atoms with Gasteiger partial charge in [-0.2, -0.15) is 0 Å². The van der Waals surface area contributed by atoms with E-state index in [-0.39, 0.29) is 11.8 Å². The zero-order valence-corrected chi connectivity index (χ0v) is 10.5. The molecule has 0 saturated carbocycles. The van der Waals surface area contributed by atoms with Crippen LogP contribution in [0.4, 0.5) is 5.69 Å². The van der Waals surface area contributed by atoms with Crippen molar-refractivity contribution in [2.75, 3.05) is 11.4 Å². The van der Waals surface area contributed by atoms with E-state index in [1.165, 1.54) is 5.56 Å². The minimum Gasteiger partial charge on any atom is -0.455 e. The van der Waals surface area contributed by atoms with E-state index in [9.17, 15) is 4.79 Å². The molecule has 2 aromatic rings. The third-order valence-corrected chi connectivity index (χ3v) is 3.40. The van der Waals surface area contributed by atoms with Crippen LogP contribution in [0, 0.1) is 0 Å². The highest BCUT2D eigenvalue weighted by atomic mass is 35.5. The summed E-state index contributed by atoms with van der Waals surface area (Å²) >= 11 is 5.67. The lowest BCUT2D eigenvalue weighted by atomic mass is 10.2. The Hall–Kier alpha value is -1.74. The van der Waals surface area contributed by atoms with Crippen molar-refractivity contribution in [2.45, 2.75) is 12.3 Å². The second-order valence-electron chi connectivity index (χ2n) is 4.24. The molecule has 1 aromatic heterocycles. The lowest BCUT2D eigenvalue weighted by Crippen LogP contribution is -2.28. The molecule has 0 unspecified atom stereocenters. The van der Waals surface area contributed by atoms with Crippen LogP contribution in [0.15, 0.2) is 40.8 Å². The fourth-order valence-electron chi connectivity index (χ4n) is 2.25. The van der Waals surface area contributed by atoms with Crippen molar-refractivity contribution in [3.63, 3.8) is 0 Å². The Morgan fingerprint density at radius 3 is 2.89 bits per heavy atom. The van der Waals surface area contributed by atoms with Crippen molar-refractivity contribution in [3.05, 3.63) is 53.5 Å². The van der Waals surface area contributed by atoms with Crippen LogP contribution < -0.4 is 4.90 Å². The highest BCUT2D eigenvalue weighted by Crippen LogP contribution is 2.29. The number of nitrogens with zero attached hydrogens (tertiary/aromatic N) is 1. The summed E-state index contributed by atoms with van der Waals surface area (Å²) in [6, 6.07) is 11.4. The maximum Gasteiger partial charge on any atom is 0.293 e. The average molecular weight is 262 g/mol. The number of para-hydroxylation sites is 1. The molecule has 2 heterocycles. The molecule has 0 atom stereocenters. The first-order valence-electron chi connectivity index (χ1n) is 5.84. The molecular weight excluding hydrogens is 250 g/mol. The number of carbonyl (C=O) groups is 1. The summed E-state index contributed by atoms with van der Waals surface area (Å²) < 4.78 is 5.40. The van der Waals surface area contributed by atoms with Gasteiger partial charge in [0.2, 0.25) is 0 Å². The largest absolute Gasteiger partial charge is 0.455 e. The summed E-state index contributed by atoms with van der Waals surface area (Å²) in [4.78, 5) is 14.1. The number of benzene rings is 1. The van der Waals surface area contributed by atoms with Crippen LogP contribution in [0.2, 0.25) is 0 Å². The molecule has 1 amide bonds. The van der Waals surface area contributed by atoms with Crippen molar-refractivity contribution in [1.82, 2.24) is 0 Å². The molecule has 4 heteroatoms. The predicted molar refractivity (Wildman–Crippen MR) is 70.1 cm³/mol. The second kappa shape index (κ2) is 4.50. The number of anilines is 1. The molecule has 0 aliphatic carbocycles. The first-order valence-corrected chi connectivity index (χ1v) is 6.37. The minimum atomic E-state index is -0.101. The number of amides is 1. The number of carbonyl (C=O) groups excluding carboxylic acids is 1. The molecule has 0 spiro atoms. The van der Waals surface area contributed by atoms with Gasteiger partial charge in [-0.1, -0.05) is 18.2 Å². The van der Waals surface area contributed by atoms with E-state index in [2.05, 4.69) is 6.07 Å². The molecule has 3 nitrogen and oxygen atoms in total. The number of furan rings is 1.